The van der Waals surface area contributed by atoms with Crippen LogP contribution < -0.4 is 5.32 Å². The second kappa shape index (κ2) is 11.6. The highest BCUT2D eigenvalue weighted by molar-refractivity contribution is 5.77. The van der Waals surface area contributed by atoms with Crippen LogP contribution in [0.15, 0.2) is 16.3 Å². The van der Waals surface area contributed by atoms with Crippen LogP contribution in [-0.4, -0.2) is 18.7 Å². The highest BCUT2D eigenvalue weighted by Crippen LogP contribution is 2.28. The van der Waals surface area contributed by atoms with Crippen molar-refractivity contribution in [2.24, 2.45) is 22.7 Å². The van der Waals surface area contributed by atoms with Crippen LogP contribution >= 0.6 is 0 Å². The average Bonchev–Trinajstić information content (AvgIpc) is 2.61. The van der Waals surface area contributed by atoms with E-state index >= 15 is 0 Å². The zero-order valence-corrected chi connectivity index (χ0v) is 17.8. The molecule has 1 heterocycles. The van der Waals surface area contributed by atoms with Crippen LogP contribution in [0, 0.1) is 17.8 Å². The highest BCUT2D eigenvalue weighted by Gasteiger charge is 2.26. The molecule has 0 bridgehead atoms. The number of ether oxygens (including phenoxy) is 1. The summed E-state index contributed by atoms with van der Waals surface area (Å²) in [7, 11) is 0. The van der Waals surface area contributed by atoms with Gasteiger partial charge < -0.3 is 10.1 Å². The van der Waals surface area contributed by atoms with E-state index in [0.29, 0.717) is 17.8 Å². The van der Waals surface area contributed by atoms with Crippen LogP contribution in [0.5, 0.6) is 0 Å². The molecule has 0 amide bonds. The van der Waals surface area contributed by atoms with Crippen molar-refractivity contribution in [3.05, 3.63) is 11.3 Å². The molecule has 0 aliphatic carbocycles. The van der Waals surface area contributed by atoms with E-state index in [9.17, 15) is 0 Å². The number of amidine groups is 1. The molecule has 1 aliphatic heterocycles. The summed E-state index contributed by atoms with van der Waals surface area (Å²) in [4.78, 5) is 4.90. The predicted molar refractivity (Wildman–Crippen MR) is 110 cm³/mol. The Labute approximate surface area is 156 Å². The molecule has 3 nitrogen and oxygen atoms in total. The Morgan fingerprint density at radius 3 is 2.32 bits per heavy atom. The third-order valence-corrected chi connectivity index (χ3v) is 5.56. The summed E-state index contributed by atoms with van der Waals surface area (Å²) >= 11 is 0. The fourth-order valence-electron chi connectivity index (χ4n) is 3.64. The molecule has 0 aromatic carbocycles. The van der Waals surface area contributed by atoms with E-state index in [1.807, 2.05) is 0 Å². The van der Waals surface area contributed by atoms with Gasteiger partial charge in [0.2, 0.25) is 0 Å². The molecule has 25 heavy (non-hydrogen) atoms. The predicted octanol–water partition coefficient (Wildman–Crippen LogP) is 6.30. The van der Waals surface area contributed by atoms with Crippen LogP contribution in [0.1, 0.15) is 93.4 Å². The van der Waals surface area contributed by atoms with Gasteiger partial charge in [-0.05, 0) is 42.6 Å². The lowest BCUT2D eigenvalue weighted by Gasteiger charge is -2.31. The first-order valence-corrected chi connectivity index (χ1v) is 10.7. The minimum atomic E-state index is 0.284. The van der Waals surface area contributed by atoms with Gasteiger partial charge in [0, 0.05) is 5.70 Å². The SMILES string of the molecule is CCCCC(COC1=NC(CC)C(CCC)=C(C(C)C)N1)C(C)CC. The highest BCUT2D eigenvalue weighted by atomic mass is 16.5. The van der Waals surface area contributed by atoms with E-state index in [4.69, 9.17) is 9.73 Å². The van der Waals surface area contributed by atoms with Gasteiger partial charge >= 0.3 is 0 Å². The molecule has 0 radical (unpaired) electrons. The molecule has 0 saturated heterocycles. The molecule has 1 N–H and O–H groups in total. The van der Waals surface area contributed by atoms with Gasteiger partial charge in [-0.1, -0.05) is 74.1 Å². The summed E-state index contributed by atoms with van der Waals surface area (Å²) in [5, 5.41) is 3.53. The van der Waals surface area contributed by atoms with E-state index < -0.39 is 0 Å². The number of nitrogens with one attached hydrogen (secondary N) is 1. The maximum absolute atomic E-state index is 6.21. The van der Waals surface area contributed by atoms with Gasteiger partial charge in [-0.2, -0.15) is 0 Å². The van der Waals surface area contributed by atoms with Gasteiger partial charge in [0.25, 0.3) is 6.02 Å². The van der Waals surface area contributed by atoms with E-state index in [-0.39, 0.29) is 6.04 Å². The van der Waals surface area contributed by atoms with Crippen molar-refractivity contribution in [1.29, 1.82) is 0 Å². The molecule has 0 spiro atoms. The topological polar surface area (TPSA) is 33.6 Å². The molecule has 0 aromatic heterocycles. The summed E-state index contributed by atoms with van der Waals surface area (Å²) in [5.41, 5.74) is 2.82. The van der Waals surface area contributed by atoms with Crippen molar-refractivity contribution >= 4 is 6.02 Å². The van der Waals surface area contributed by atoms with Crippen molar-refractivity contribution in [3.63, 3.8) is 0 Å². The first kappa shape index (κ1) is 22.1. The van der Waals surface area contributed by atoms with Crippen molar-refractivity contribution in [2.45, 2.75) is 99.5 Å². The maximum atomic E-state index is 6.21. The van der Waals surface area contributed by atoms with Crippen LogP contribution in [0.2, 0.25) is 0 Å². The van der Waals surface area contributed by atoms with Crippen LogP contribution in [-0.2, 0) is 4.74 Å². The van der Waals surface area contributed by atoms with Gasteiger partial charge in [-0.25, -0.2) is 4.99 Å². The van der Waals surface area contributed by atoms with Crippen molar-refractivity contribution in [1.82, 2.24) is 5.32 Å². The number of allylic oxidation sites excluding steroid dienone is 1. The lowest BCUT2D eigenvalue weighted by molar-refractivity contribution is 0.170. The standard InChI is InChI=1S/C22H42N2O/c1-8-12-14-18(17(7)10-3)15-25-22-23-20(11-4)19(13-9-2)21(24-22)16(5)6/h16-18,20H,8-15H2,1-7H3,(H,23,24). The van der Waals surface area contributed by atoms with E-state index in [2.05, 4.69) is 53.8 Å². The number of rotatable bonds is 11. The normalized spacial score (nSPS) is 20.3. The smallest absolute Gasteiger partial charge is 0.289 e. The van der Waals surface area contributed by atoms with Gasteiger partial charge in [0.05, 0.1) is 12.6 Å². The zero-order valence-electron chi connectivity index (χ0n) is 17.8. The summed E-state index contributed by atoms with van der Waals surface area (Å²) in [6.07, 6.45) is 8.35. The Morgan fingerprint density at radius 1 is 1.08 bits per heavy atom. The fourth-order valence-corrected chi connectivity index (χ4v) is 3.64. The summed E-state index contributed by atoms with van der Waals surface area (Å²) in [6.45, 7) is 16.7. The molecule has 0 fully saturated rings. The van der Waals surface area contributed by atoms with E-state index in [1.165, 1.54) is 43.4 Å². The minimum Gasteiger partial charge on any atom is -0.465 e. The van der Waals surface area contributed by atoms with E-state index in [1.54, 1.807) is 0 Å². The van der Waals surface area contributed by atoms with E-state index in [0.717, 1.165) is 25.5 Å². The Hall–Kier alpha value is -0.990. The first-order valence-electron chi connectivity index (χ1n) is 10.7. The van der Waals surface area contributed by atoms with Crippen molar-refractivity contribution < 1.29 is 4.74 Å². The number of nitrogens with zero attached hydrogens (tertiary/aromatic N) is 1. The van der Waals surface area contributed by atoms with Crippen LogP contribution in [0.4, 0.5) is 0 Å². The van der Waals surface area contributed by atoms with Crippen LogP contribution in [0.3, 0.4) is 0 Å². The van der Waals surface area contributed by atoms with Gasteiger partial charge in [-0.3, -0.25) is 0 Å². The average molecular weight is 351 g/mol. The number of unbranched alkanes of at least 4 members (excludes halogenated alkanes) is 1. The van der Waals surface area contributed by atoms with Gasteiger partial charge in [0.15, 0.2) is 0 Å². The van der Waals surface area contributed by atoms with Crippen LogP contribution in [0.25, 0.3) is 0 Å². The summed E-state index contributed by atoms with van der Waals surface area (Å²) < 4.78 is 6.21. The number of aliphatic imine (C=N–C) groups is 1. The molecule has 1 aliphatic rings. The zero-order chi connectivity index (χ0) is 18.8. The fraction of sp³-hybridized carbons (Fsp3) is 0.864. The molecule has 1 rings (SSSR count). The molecule has 0 saturated carbocycles. The van der Waals surface area contributed by atoms with Crippen molar-refractivity contribution in [2.75, 3.05) is 6.61 Å². The molecular weight excluding hydrogens is 308 g/mol. The summed E-state index contributed by atoms with van der Waals surface area (Å²) in [6, 6.07) is 1.03. The van der Waals surface area contributed by atoms with Gasteiger partial charge in [-0.15, -0.1) is 0 Å². The second-order valence-electron chi connectivity index (χ2n) is 7.93. The molecular formula is C22H42N2O. The number of hydrogen-bond donors (Lipinski definition) is 1. The molecule has 3 unspecified atom stereocenters. The molecule has 146 valence electrons. The Morgan fingerprint density at radius 2 is 1.80 bits per heavy atom. The lowest BCUT2D eigenvalue weighted by atomic mass is 9.88. The first-order chi connectivity index (χ1) is 12.0. The molecule has 0 aromatic rings. The molecule has 3 atom stereocenters. The summed E-state index contributed by atoms with van der Waals surface area (Å²) in [5.74, 6) is 1.81. The van der Waals surface area contributed by atoms with Crippen molar-refractivity contribution in [3.8, 4) is 0 Å². The lowest BCUT2D eigenvalue weighted by Crippen LogP contribution is -2.37. The Bertz CT molecular complexity index is 439. The van der Waals surface area contributed by atoms with Gasteiger partial charge in [0.1, 0.15) is 0 Å². The monoisotopic (exact) mass is 350 g/mol. The minimum absolute atomic E-state index is 0.284. The Kier molecular flexibility index (Phi) is 10.2. The number of hydrogen-bond acceptors (Lipinski definition) is 3. The maximum Gasteiger partial charge on any atom is 0.289 e. The quantitative estimate of drug-likeness (QED) is 0.474. The largest absolute Gasteiger partial charge is 0.465 e. The third kappa shape index (κ3) is 6.67. The molecule has 3 heteroatoms. The second-order valence-corrected chi connectivity index (χ2v) is 7.93. The third-order valence-electron chi connectivity index (χ3n) is 5.56. The Balaban J connectivity index is 2.81.